The van der Waals surface area contributed by atoms with E-state index in [0.29, 0.717) is 17.2 Å². The zero-order chi connectivity index (χ0) is 21.2. The van der Waals surface area contributed by atoms with Crippen molar-refractivity contribution < 1.29 is 22.6 Å². The van der Waals surface area contributed by atoms with Gasteiger partial charge in [-0.2, -0.15) is 0 Å². The molecule has 0 aromatic heterocycles. The van der Waals surface area contributed by atoms with Gasteiger partial charge in [0.15, 0.2) is 11.5 Å². The van der Waals surface area contributed by atoms with Gasteiger partial charge in [-0.05, 0) is 55.4 Å². The van der Waals surface area contributed by atoms with E-state index >= 15 is 0 Å². The molecule has 1 atom stereocenters. The summed E-state index contributed by atoms with van der Waals surface area (Å²) in [5.41, 5.74) is 1.87. The van der Waals surface area contributed by atoms with Gasteiger partial charge in [0.2, 0.25) is 16.8 Å². The van der Waals surface area contributed by atoms with Crippen molar-refractivity contribution in [1.29, 1.82) is 0 Å². The molecule has 0 spiro atoms. The first-order valence-corrected chi connectivity index (χ1v) is 10.9. The number of benzene rings is 2. The molecule has 2 aromatic carbocycles. The minimum atomic E-state index is -3.76. The van der Waals surface area contributed by atoms with Crippen LogP contribution < -0.4 is 18.9 Å². The Morgan fingerprint density at radius 3 is 2.41 bits per heavy atom. The lowest BCUT2D eigenvalue weighted by atomic mass is 10.0. The molecule has 0 bridgehead atoms. The Labute approximate surface area is 172 Å². The van der Waals surface area contributed by atoms with Gasteiger partial charge in [0.1, 0.15) is 10.6 Å². The molecule has 0 saturated carbocycles. The van der Waals surface area contributed by atoms with Gasteiger partial charge in [-0.15, -0.1) is 0 Å². The molecule has 0 unspecified atom stereocenters. The van der Waals surface area contributed by atoms with Crippen molar-refractivity contribution in [3.63, 3.8) is 0 Å². The van der Waals surface area contributed by atoms with E-state index in [2.05, 4.69) is 4.72 Å². The summed E-state index contributed by atoms with van der Waals surface area (Å²) in [7, 11) is 1.52. The number of hydrogen-bond donors (Lipinski definition) is 1. The fourth-order valence-corrected chi connectivity index (χ4v) is 4.49. The van der Waals surface area contributed by atoms with Crippen molar-refractivity contribution in [3.05, 3.63) is 47.5 Å². The van der Waals surface area contributed by atoms with Gasteiger partial charge < -0.3 is 19.1 Å². The molecular formula is C21H28N2O5S. The third-order valence-corrected chi connectivity index (χ3v) is 6.46. The van der Waals surface area contributed by atoms with Crippen molar-refractivity contribution in [2.75, 3.05) is 34.5 Å². The van der Waals surface area contributed by atoms with E-state index in [-0.39, 0.29) is 30.2 Å². The van der Waals surface area contributed by atoms with E-state index in [0.717, 1.165) is 11.1 Å². The first-order valence-electron chi connectivity index (χ1n) is 9.46. The monoisotopic (exact) mass is 420 g/mol. The Bertz CT molecular complexity index is 973. The van der Waals surface area contributed by atoms with Crippen LogP contribution in [0.2, 0.25) is 0 Å². The average Bonchev–Trinajstić information content (AvgIpc) is 3.15. The lowest BCUT2D eigenvalue weighted by molar-refractivity contribution is 0.174. The number of fused-ring (bicyclic) bond motifs is 1. The molecule has 1 N–H and O–H groups in total. The molecule has 1 heterocycles. The molecule has 29 heavy (non-hydrogen) atoms. The molecule has 7 nitrogen and oxygen atoms in total. The van der Waals surface area contributed by atoms with Crippen molar-refractivity contribution in [1.82, 2.24) is 9.62 Å². The Kier molecular flexibility index (Phi) is 6.36. The smallest absolute Gasteiger partial charge is 0.244 e. The molecular weight excluding hydrogens is 392 g/mol. The second-order valence-electron chi connectivity index (χ2n) is 7.51. The maximum atomic E-state index is 13.1. The van der Waals surface area contributed by atoms with Crippen LogP contribution in [0.4, 0.5) is 0 Å². The number of ether oxygens (including phenoxy) is 3. The summed E-state index contributed by atoms with van der Waals surface area (Å²) >= 11 is 0. The van der Waals surface area contributed by atoms with Crippen LogP contribution in [0.3, 0.4) is 0 Å². The topological polar surface area (TPSA) is 77.1 Å². The van der Waals surface area contributed by atoms with E-state index in [1.54, 1.807) is 12.1 Å². The van der Waals surface area contributed by atoms with Crippen LogP contribution in [0.15, 0.2) is 41.3 Å². The Balaban J connectivity index is 1.85. The van der Waals surface area contributed by atoms with Crippen molar-refractivity contribution in [2.24, 2.45) is 0 Å². The Hall–Kier alpha value is -2.29. The summed E-state index contributed by atoms with van der Waals surface area (Å²) in [6.45, 7) is 4.44. The highest BCUT2D eigenvalue weighted by Crippen LogP contribution is 2.35. The van der Waals surface area contributed by atoms with Crippen LogP contribution in [-0.2, 0) is 10.0 Å². The molecule has 0 aliphatic carbocycles. The second-order valence-corrected chi connectivity index (χ2v) is 9.24. The van der Waals surface area contributed by atoms with Crippen LogP contribution in [0.1, 0.15) is 36.9 Å². The van der Waals surface area contributed by atoms with Crippen LogP contribution in [0.5, 0.6) is 17.2 Å². The first kappa shape index (κ1) is 21.4. The van der Waals surface area contributed by atoms with E-state index in [4.69, 9.17) is 14.2 Å². The van der Waals surface area contributed by atoms with Gasteiger partial charge in [0.05, 0.1) is 7.11 Å². The van der Waals surface area contributed by atoms with Gasteiger partial charge in [0.25, 0.3) is 0 Å². The highest BCUT2D eigenvalue weighted by molar-refractivity contribution is 7.89. The highest BCUT2D eigenvalue weighted by atomic mass is 32.2. The summed E-state index contributed by atoms with van der Waals surface area (Å²) in [4.78, 5) is 2.11. The minimum absolute atomic E-state index is 0.148. The number of rotatable bonds is 8. The Morgan fingerprint density at radius 2 is 1.76 bits per heavy atom. The highest BCUT2D eigenvalue weighted by Gasteiger charge is 2.25. The predicted molar refractivity (Wildman–Crippen MR) is 111 cm³/mol. The molecule has 3 rings (SSSR count). The van der Waals surface area contributed by atoms with Crippen molar-refractivity contribution >= 4 is 10.0 Å². The zero-order valence-corrected chi connectivity index (χ0v) is 18.2. The number of sulfonamides is 1. The maximum absolute atomic E-state index is 13.1. The summed E-state index contributed by atoms with van der Waals surface area (Å²) in [5.74, 6) is 1.90. The third kappa shape index (κ3) is 4.66. The summed E-state index contributed by atoms with van der Waals surface area (Å²) in [5, 5.41) is 0. The largest absolute Gasteiger partial charge is 0.495 e. The number of nitrogens with zero attached hydrogens (tertiary/aromatic N) is 1. The summed E-state index contributed by atoms with van der Waals surface area (Å²) in [6.07, 6.45) is 0. The zero-order valence-electron chi connectivity index (χ0n) is 17.4. The lowest BCUT2D eigenvalue weighted by Crippen LogP contribution is -2.34. The van der Waals surface area contributed by atoms with Gasteiger partial charge >= 0.3 is 0 Å². The fraction of sp³-hybridized carbons (Fsp3) is 0.429. The van der Waals surface area contributed by atoms with Crippen LogP contribution >= 0.6 is 0 Å². The second kappa shape index (κ2) is 8.61. The van der Waals surface area contributed by atoms with Gasteiger partial charge in [-0.3, -0.25) is 0 Å². The predicted octanol–water partition coefficient (Wildman–Crippen LogP) is 3.13. The van der Waals surface area contributed by atoms with Crippen LogP contribution in [0.25, 0.3) is 0 Å². The Morgan fingerprint density at radius 1 is 1.07 bits per heavy atom. The number of methoxy groups -OCH3 is 1. The molecule has 0 amide bonds. The number of nitrogens with one attached hydrogen (secondary N) is 1. The first-order chi connectivity index (χ1) is 13.7. The number of likely N-dealkylation sites (N-methyl/N-ethyl adjacent to an activating group) is 1. The molecule has 158 valence electrons. The maximum Gasteiger partial charge on any atom is 0.244 e. The molecule has 0 fully saturated rings. The normalized spacial score (nSPS) is 14.4. The van der Waals surface area contributed by atoms with E-state index in [9.17, 15) is 8.42 Å². The standard InChI is InChI=1S/C21H28N2O5S/c1-14(2)15-6-9-19(26-5)21(11-15)29(24,25)22-12-17(23(3)4)16-7-8-18-20(10-16)28-13-27-18/h6-11,14,17,22H,12-13H2,1-5H3/t17-/m1/s1. The van der Waals surface area contributed by atoms with Crippen LogP contribution in [0, 0.1) is 0 Å². The van der Waals surface area contributed by atoms with Crippen molar-refractivity contribution in [3.8, 4) is 17.2 Å². The molecule has 1 aliphatic rings. The molecule has 8 heteroatoms. The average molecular weight is 421 g/mol. The summed E-state index contributed by atoms with van der Waals surface area (Å²) < 4.78 is 45.0. The fourth-order valence-electron chi connectivity index (χ4n) is 3.25. The summed E-state index contributed by atoms with van der Waals surface area (Å²) in [6, 6.07) is 10.7. The van der Waals surface area contributed by atoms with E-state index in [1.807, 2.05) is 57.1 Å². The van der Waals surface area contributed by atoms with Gasteiger partial charge in [0, 0.05) is 12.6 Å². The third-order valence-electron chi connectivity index (χ3n) is 5.02. The van der Waals surface area contributed by atoms with E-state index < -0.39 is 10.0 Å². The van der Waals surface area contributed by atoms with E-state index in [1.165, 1.54) is 7.11 Å². The van der Waals surface area contributed by atoms with Crippen molar-refractivity contribution in [2.45, 2.75) is 30.7 Å². The lowest BCUT2D eigenvalue weighted by Gasteiger charge is -2.25. The minimum Gasteiger partial charge on any atom is -0.495 e. The van der Waals surface area contributed by atoms with Gasteiger partial charge in [-0.25, -0.2) is 13.1 Å². The molecule has 0 saturated heterocycles. The van der Waals surface area contributed by atoms with Gasteiger partial charge in [-0.1, -0.05) is 26.0 Å². The quantitative estimate of drug-likeness (QED) is 0.707. The molecule has 2 aromatic rings. The molecule has 0 radical (unpaired) electrons. The SMILES string of the molecule is COc1ccc(C(C)C)cc1S(=O)(=O)NC[C@H](c1ccc2c(c1)OCO2)N(C)C. The number of hydrogen-bond acceptors (Lipinski definition) is 6. The molecule has 1 aliphatic heterocycles. The van der Waals surface area contributed by atoms with Crippen LogP contribution in [-0.4, -0.2) is 47.9 Å².